The number of benzene rings is 20. The summed E-state index contributed by atoms with van der Waals surface area (Å²) in [5.41, 5.74) is 44.9. The summed E-state index contributed by atoms with van der Waals surface area (Å²) in [5.74, 6) is 0. The average Bonchev–Trinajstić information content (AvgIpc) is 1.47. The van der Waals surface area contributed by atoms with Crippen molar-refractivity contribution in [3.8, 4) is 189 Å². The molecule has 0 nitrogen and oxygen atoms in total. The van der Waals surface area contributed by atoms with Gasteiger partial charge in [-0.1, -0.05) is 477 Å². The first-order valence-electron chi connectivity index (χ1n) is 45.6. The number of fused-ring (bicyclic) bond motifs is 9. The summed E-state index contributed by atoms with van der Waals surface area (Å²) in [7, 11) is 0. The van der Waals surface area contributed by atoms with E-state index in [2.05, 4.69) is 483 Å². The molecule has 0 radical (unpaired) electrons. The van der Waals surface area contributed by atoms with E-state index in [4.69, 9.17) is 0 Å². The van der Waals surface area contributed by atoms with Gasteiger partial charge >= 0.3 is 0 Å². The summed E-state index contributed by atoms with van der Waals surface area (Å²) in [6, 6.07) is 154. The van der Waals surface area contributed by atoms with Gasteiger partial charge in [-0.15, -0.1) is 0 Å². The van der Waals surface area contributed by atoms with Crippen LogP contribution < -0.4 is 0 Å². The van der Waals surface area contributed by atoms with E-state index in [0.717, 1.165) is 61.2 Å². The van der Waals surface area contributed by atoms with Gasteiger partial charge in [-0.05, 0) is 282 Å². The first-order chi connectivity index (χ1) is 62.2. The maximum Gasteiger partial charge on any atom is -0.0000929 e. The Balaban J connectivity index is 1.02. The van der Waals surface area contributed by atoms with Crippen LogP contribution in [0.3, 0.4) is 0 Å². The van der Waals surface area contributed by atoms with Crippen molar-refractivity contribution in [3.05, 3.63) is 423 Å². The molecule has 22 rings (SSSR count). The van der Waals surface area contributed by atoms with Crippen molar-refractivity contribution < 1.29 is 0 Å². The molecule has 2 aliphatic rings. The van der Waals surface area contributed by atoms with Crippen LogP contribution in [-0.2, 0) is 21.7 Å². The molecule has 20 aromatic carbocycles. The first-order valence-corrected chi connectivity index (χ1v) is 45.6. The summed E-state index contributed by atoms with van der Waals surface area (Å²) >= 11 is 0. The van der Waals surface area contributed by atoms with E-state index in [9.17, 15) is 0 Å². The van der Waals surface area contributed by atoms with Crippen LogP contribution in [-0.4, -0.2) is 0 Å². The Labute approximate surface area is 754 Å². The standard InChI is InChI=1S/C128H102/c1-125(2,3)92-72-90(73-93(76-92)126(4,5)6)112-118-98-70-68-96-114-97(69-71-99(115(98)114)119(118)113(91-74-94(127(7,8)9)77-95(75-91)128(10,11)12)123-108(86-60-38-20-39-61-86)106(84-56-34-18-35-57-84)105(83-54-32-17-33-55-83)107(122(112)123)85-58-36-19-37-59-85)117-110(88-64-42-22-43-65-88)124-111(89-66-44-23-45-67-89)120-101(103(81-50-28-15-29-51-81)121(124)109(116(96)117)87-62-40-21-41-63-87)78-100(79-46-24-13-25-47-79)102(80-48-26-14-27-49-80)104(120)82-52-30-16-31-53-82/h13-78H,1-12H3. The van der Waals surface area contributed by atoms with Crippen molar-refractivity contribution in [3.63, 3.8) is 0 Å². The van der Waals surface area contributed by atoms with Gasteiger partial charge in [0.25, 0.3) is 0 Å². The van der Waals surface area contributed by atoms with Crippen LogP contribution in [0.1, 0.15) is 105 Å². The lowest BCUT2D eigenvalue weighted by Gasteiger charge is -2.32. The third kappa shape index (κ3) is 13.0. The predicted molar refractivity (Wildman–Crippen MR) is 551 cm³/mol. The van der Waals surface area contributed by atoms with Crippen molar-refractivity contribution in [2.75, 3.05) is 0 Å². The molecule has 20 aromatic rings. The fourth-order valence-corrected chi connectivity index (χ4v) is 21.5. The summed E-state index contributed by atoms with van der Waals surface area (Å²) in [4.78, 5) is 0. The number of hydrogen-bond acceptors (Lipinski definition) is 0. The van der Waals surface area contributed by atoms with Gasteiger partial charge in [0.05, 0.1) is 0 Å². The monoisotopic (exact) mass is 1640 g/mol. The molecule has 0 amide bonds. The van der Waals surface area contributed by atoms with Crippen LogP contribution in [0.2, 0.25) is 0 Å². The second-order valence-corrected chi connectivity index (χ2v) is 39.5. The lowest BCUT2D eigenvalue weighted by Crippen LogP contribution is -2.17. The fourth-order valence-electron chi connectivity index (χ4n) is 21.5. The summed E-state index contributed by atoms with van der Waals surface area (Å²) in [6.45, 7) is 28.9. The van der Waals surface area contributed by atoms with E-state index in [0.29, 0.717) is 0 Å². The Kier molecular flexibility index (Phi) is 19.0. The molecule has 0 aromatic heterocycles. The van der Waals surface area contributed by atoms with Crippen molar-refractivity contribution in [1.29, 1.82) is 0 Å². The quantitative estimate of drug-likeness (QED) is 0.101. The molecular weight excluding hydrogens is 1540 g/mol. The van der Waals surface area contributed by atoms with Gasteiger partial charge in [-0.3, -0.25) is 0 Å². The molecule has 128 heavy (non-hydrogen) atoms. The van der Waals surface area contributed by atoms with E-state index in [1.54, 1.807) is 0 Å². The van der Waals surface area contributed by atoms with Gasteiger partial charge in [-0.2, -0.15) is 0 Å². The van der Waals surface area contributed by atoms with Gasteiger partial charge in [0.15, 0.2) is 0 Å². The molecular formula is C128H102. The highest BCUT2D eigenvalue weighted by Crippen LogP contribution is 2.69. The topological polar surface area (TPSA) is 0 Å². The molecule has 0 atom stereocenters. The zero-order valence-corrected chi connectivity index (χ0v) is 75.1. The van der Waals surface area contributed by atoms with Gasteiger partial charge < -0.3 is 0 Å². The Morgan fingerprint density at radius 1 is 0.117 bits per heavy atom. The lowest BCUT2D eigenvalue weighted by molar-refractivity contribution is 0.568. The Hall–Kier alpha value is -14.6. The van der Waals surface area contributed by atoms with E-state index < -0.39 is 0 Å². The Morgan fingerprint density at radius 2 is 0.305 bits per heavy atom. The van der Waals surface area contributed by atoms with Crippen molar-refractivity contribution in [2.24, 2.45) is 0 Å². The second kappa shape index (κ2) is 30.7. The molecule has 0 saturated heterocycles. The molecule has 0 fully saturated rings. The van der Waals surface area contributed by atoms with Crippen molar-refractivity contribution in [2.45, 2.75) is 105 Å². The zero-order valence-electron chi connectivity index (χ0n) is 75.1. The molecule has 0 unspecified atom stereocenters. The molecule has 2 aliphatic carbocycles. The molecule has 0 heteroatoms. The van der Waals surface area contributed by atoms with E-state index in [-0.39, 0.29) is 21.7 Å². The minimum atomic E-state index is -0.239. The van der Waals surface area contributed by atoms with Crippen LogP contribution >= 0.6 is 0 Å². The minimum Gasteiger partial charge on any atom is -0.0622 e. The van der Waals surface area contributed by atoms with Gasteiger partial charge in [0.2, 0.25) is 0 Å². The van der Waals surface area contributed by atoms with E-state index in [1.165, 1.54) is 193 Å². The first kappa shape index (κ1) is 79.4. The fraction of sp³-hybridized carbons (Fsp3) is 0.125. The molecule has 0 spiro atoms. The highest BCUT2D eigenvalue weighted by Gasteiger charge is 2.43. The smallest absolute Gasteiger partial charge is 0.0000929 e. The lowest BCUT2D eigenvalue weighted by atomic mass is 9.71. The Bertz CT molecular complexity index is 7520. The third-order valence-electron chi connectivity index (χ3n) is 27.5. The van der Waals surface area contributed by atoms with Crippen molar-refractivity contribution >= 4 is 43.1 Å². The second-order valence-electron chi connectivity index (χ2n) is 39.5. The van der Waals surface area contributed by atoms with Gasteiger partial charge in [-0.25, -0.2) is 0 Å². The summed E-state index contributed by atoms with van der Waals surface area (Å²) < 4.78 is 0. The van der Waals surface area contributed by atoms with Crippen LogP contribution in [0.4, 0.5) is 0 Å². The third-order valence-corrected chi connectivity index (χ3v) is 27.5. The summed E-state index contributed by atoms with van der Waals surface area (Å²) in [5, 5.41) is 9.81. The zero-order chi connectivity index (χ0) is 87.2. The highest BCUT2D eigenvalue weighted by atomic mass is 14.4. The molecule has 0 bridgehead atoms. The minimum absolute atomic E-state index is 0.239. The van der Waals surface area contributed by atoms with E-state index in [1.807, 2.05) is 0 Å². The van der Waals surface area contributed by atoms with Crippen LogP contribution in [0.5, 0.6) is 0 Å². The highest BCUT2D eigenvalue weighted by molar-refractivity contribution is 6.41. The van der Waals surface area contributed by atoms with Gasteiger partial charge in [0, 0.05) is 0 Å². The van der Waals surface area contributed by atoms with E-state index >= 15 is 0 Å². The van der Waals surface area contributed by atoms with Crippen molar-refractivity contribution in [1.82, 2.24) is 0 Å². The average molecular weight is 1640 g/mol. The SMILES string of the molecule is CC(C)(C)c1cc(-c2c3c(c(-c4cc(C(C)(C)C)cc(C(C)(C)C)c4)c4c(-c5ccccc5)c(-c5ccccc5)c(-c5ccccc5)c(-c5ccccc5)c24)-c2ccc4c5c(ccc-3c25)-c2c-4c(-c3ccccc3)c3c(-c4ccccc4)c4c(-c5ccccc5)c(-c5ccccc5)c(-c5ccccc5)cc4c(-c4ccccc4)c3c2-c2ccccc2)cc(C(C)(C)C)c1. The van der Waals surface area contributed by atoms with Crippen LogP contribution in [0.25, 0.3) is 232 Å². The number of rotatable bonds is 13. The normalized spacial score (nSPS) is 12.4. The number of hydrogen-bond donors (Lipinski definition) is 0. The molecule has 0 aliphatic heterocycles. The van der Waals surface area contributed by atoms with Crippen LogP contribution in [0, 0.1) is 0 Å². The Morgan fingerprint density at radius 3 is 0.562 bits per heavy atom. The largest absolute Gasteiger partial charge is 0.0622 e. The molecule has 0 saturated carbocycles. The van der Waals surface area contributed by atoms with Gasteiger partial charge in [0.1, 0.15) is 0 Å². The molecule has 0 N–H and O–H groups in total. The summed E-state index contributed by atoms with van der Waals surface area (Å²) in [6.07, 6.45) is 0. The van der Waals surface area contributed by atoms with Crippen LogP contribution in [0.15, 0.2) is 400 Å². The molecule has 614 valence electrons. The molecule has 0 heterocycles. The predicted octanol–water partition coefficient (Wildman–Crippen LogP) is 36.5. The maximum absolute atomic E-state index is 2.61. The maximum atomic E-state index is 2.61.